The largest absolute Gasteiger partial charge is 0.335 e. The molecule has 0 aromatic rings. The van der Waals surface area contributed by atoms with Crippen molar-refractivity contribution in [2.75, 3.05) is 26.2 Å². The summed E-state index contributed by atoms with van der Waals surface area (Å²) in [4.78, 5) is 13.4. The molecule has 4 heteroatoms. The van der Waals surface area contributed by atoms with Crippen LogP contribution in [0.25, 0.3) is 0 Å². The van der Waals surface area contributed by atoms with Crippen LogP contribution in [0.5, 0.6) is 0 Å². The summed E-state index contributed by atoms with van der Waals surface area (Å²) in [5.41, 5.74) is 0. The Labute approximate surface area is 110 Å². The van der Waals surface area contributed by atoms with Gasteiger partial charge in [-0.1, -0.05) is 19.3 Å². The number of hydrogen-bond donors (Lipinski definition) is 3. The van der Waals surface area contributed by atoms with Gasteiger partial charge in [0.2, 0.25) is 0 Å². The topological polar surface area (TPSA) is 45.6 Å². The highest BCUT2D eigenvalue weighted by Crippen LogP contribution is 2.16. The van der Waals surface area contributed by atoms with Crippen molar-refractivity contribution in [2.45, 2.75) is 57.4 Å². The first-order chi connectivity index (χ1) is 8.84. The Bertz CT molecular complexity index is 245. The fourth-order valence-corrected chi connectivity index (χ4v) is 3.14. The van der Waals surface area contributed by atoms with Gasteiger partial charge in [-0.3, -0.25) is 0 Å². The summed E-state index contributed by atoms with van der Waals surface area (Å²) in [6.45, 7) is 4.46. The van der Waals surface area contributed by atoms with E-state index in [0.29, 0.717) is 6.04 Å². The number of nitrogens with one attached hydrogen (secondary N) is 3. The zero-order chi connectivity index (χ0) is 12.6. The molecule has 0 aromatic heterocycles. The van der Waals surface area contributed by atoms with Crippen LogP contribution in [-0.4, -0.2) is 38.3 Å². The van der Waals surface area contributed by atoms with Crippen LogP contribution >= 0.6 is 0 Å². The Kier molecular flexibility index (Phi) is 5.78. The highest BCUT2D eigenvalue weighted by molar-refractivity contribution is 5.74. The van der Waals surface area contributed by atoms with Gasteiger partial charge in [-0.25, -0.2) is 4.79 Å². The van der Waals surface area contributed by atoms with E-state index in [9.17, 15) is 4.79 Å². The van der Waals surface area contributed by atoms with Crippen molar-refractivity contribution in [1.82, 2.24) is 10.6 Å². The van der Waals surface area contributed by atoms with Gasteiger partial charge in [-0.15, -0.1) is 0 Å². The molecule has 1 heterocycles. The van der Waals surface area contributed by atoms with Crippen LogP contribution in [0.15, 0.2) is 0 Å². The molecule has 1 aliphatic carbocycles. The van der Waals surface area contributed by atoms with Crippen LogP contribution in [0.3, 0.4) is 0 Å². The molecular formula is C14H28N3O+. The lowest BCUT2D eigenvalue weighted by Gasteiger charge is -2.25. The molecule has 0 atom stereocenters. The van der Waals surface area contributed by atoms with Crippen LogP contribution in [-0.2, 0) is 0 Å². The minimum absolute atomic E-state index is 0.0401. The Morgan fingerprint density at radius 3 is 2.39 bits per heavy atom. The summed E-state index contributed by atoms with van der Waals surface area (Å²) in [5.74, 6) is 0. The number of hydrogen-bond acceptors (Lipinski definition) is 1. The normalized spacial score (nSPS) is 22.7. The Hall–Kier alpha value is -0.770. The smallest absolute Gasteiger partial charge is 0.315 e. The summed E-state index contributed by atoms with van der Waals surface area (Å²) >= 11 is 0. The van der Waals surface area contributed by atoms with Crippen LogP contribution < -0.4 is 15.5 Å². The minimum Gasteiger partial charge on any atom is -0.335 e. The van der Waals surface area contributed by atoms with Gasteiger partial charge in [0, 0.05) is 6.04 Å². The van der Waals surface area contributed by atoms with Crippen molar-refractivity contribution in [3.8, 4) is 0 Å². The third-order valence-corrected chi connectivity index (χ3v) is 4.27. The van der Waals surface area contributed by atoms with E-state index in [4.69, 9.17) is 0 Å². The molecule has 4 nitrogen and oxygen atoms in total. The Balaban J connectivity index is 1.53. The summed E-state index contributed by atoms with van der Waals surface area (Å²) in [5, 5.41) is 6.10. The average Bonchev–Trinajstić information content (AvgIpc) is 2.41. The van der Waals surface area contributed by atoms with Crippen molar-refractivity contribution >= 4 is 6.03 Å². The molecule has 0 spiro atoms. The van der Waals surface area contributed by atoms with E-state index < -0.39 is 0 Å². The maximum absolute atomic E-state index is 11.7. The van der Waals surface area contributed by atoms with Crippen LogP contribution in [0.2, 0.25) is 0 Å². The molecule has 0 aromatic carbocycles. The van der Waals surface area contributed by atoms with Gasteiger partial charge in [0.1, 0.15) is 0 Å². The number of piperidine rings is 1. The fourth-order valence-electron chi connectivity index (χ4n) is 3.14. The zero-order valence-electron chi connectivity index (χ0n) is 11.5. The minimum atomic E-state index is 0.0401. The standard InChI is InChI=1S/C14H27N3O/c18-14(16-13-7-3-1-4-8-13)15-9-12-17-10-5-2-6-11-17/h13H,1-12H2,(H2,15,16,18)/p+1. The molecule has 18 heavy (non-hydrogen) atoms. The van der Waals surface area contributed by atoms with E-state index in [1.165, 1.54) is 51.6 Å². The number of carbonyl (C=O) groups is 1. The second-order valence-corrected chi connectivity index (χ2v) is 5.80. The van der Waals surface area contributed by atoms with E-state index in [1.807, 2.05) is 0 Å². The van der Waals surface area contributed by atoms with Crippen molar-refractivity contribution in [2.24, 2.45) is 0 Å². The predicted molar refractivity (Wildman–Crippen MR) is 72.8 cm³/mol. The van der Waals surface area contributed by atoms with Gasteiger partial charge < -0.3 is 15.5 Å². The average molecular weight is 254 g/mol. The van der Waals surface area contributed by atoms with E-state index in [1.54, 1.807) is 4.90 Å². The predicted octanol–water partition coefficient (Wildman–Crippen LogP) is 0.687. The van der Waals surface area contributed by atoms with E-state index in [0.717, 1.165) is 25.9 Å². The molecule has 2 rings (SSSR count). The molecule has 2 amide bonds. The molecule has 0 bridgehead atoms. The summed E-state index contributed by atoms with van der Waals surface area (Å²) < 4.78 is 0. The molecule has 1 aliphatic heterocycles. The van der Waals surface area contributed by atoms with Crippen LogP contribution in [0.4, 0.5) is 4.79 Å². The molecule has 2 aliphatic rings. The van der Waals surface area contributed by atoms with Gasteiger partial charge >= 0.3 is 6.03 Å². The lowest BCUT2D eigenvalue weighted by molar-refractivity contribution is -0.903. The number of carbonyl (C=O) groups excluding carboxylic acids is 1. The molecule has 2 fully saturated rings. The Morgan fingerprint density at radius 1 is 1.00 bits per heavy atom. The number of rotatable bonds is 4. The third-order valence-electron chi connectivity index (χ3n) is 4.27. The quantitative estimate of drug-likeness (QED) is 0.679. The maximum Gasteiger partial charge on any atom is 0.315 e. The molecular weight excluding hydrogens is 226 g/mol. The van der Waals surface area contributed by atoms with Crippen LogP contribution in [0.1, 0.15) is 51.4 Å². The SMILES string of the molecule is O=C(NCC[NH+]1CCCCC1)NC1CCCCC1. The van der Waals surface area contributed by atoms with Crippen molar-refractivity contribution < 1.29 is 9.69 Å². The summed E-state index contributed by atoms with van der Waals surface area (Å²) in [6, 6.07) is 0.458. The lowest BCUT2D eigenvalue weighted by Crippen LogP contribution is -3.13. The van der Waals surface area contributed by atoms with Crippen molar-refractivity contribution in [3.63, 3.8) is 0 Å². The summed E-state index contributed by atoms with van der Waals surface area (Å²) in [6.07, 6.45) is 10.3. The van der Waals surface area contributed by atoms with Gasteiger partial charge in [0.15, 0.2) is 0 Å². The highest BCUT2D eigenvalue weighted by atomic mass is 16.2. The van der Waals surface area contributed by atoms with Gasteiger partial charge in [0.25, 0.3) is 0 Å². The first-order valence-electron chi connectivity index (χ1n) is 7.72. The van der Waals surface area contributed by atoms with Crippen LogP contribution in [0, 0.1) is 0 Å². The number of likely N-dealkylation sites (tertiary alicyclic amines) is 1. The monoisotopic (exact) mass is 254 g/mol. The molecule has 1 saturated carbocycles. The lowest BCUT2D eigenvalue weighted by atomic mass is 9.96. The van der Waals surface area contributed by atoms with E-state index in [-0.39, 0.29) is 6.03 Å². The molecule has 3 N–H and O–H groups in total. The second-order valence-electron chi connectivity index (χ2n) is 5.80. The summed E-state index contributed by atoms with van der Waals surface area (Å²) in [7, 11) is 0. The first-order valence-corrected chi connectivity index (χ1v) is 7.72. The van der Waals surface area contributed by atoms with Gasteiger partial charge in [0.05, 0.1) is 26.2 Å². The molecule has 1 saturated heterocycles. The molecule has 0 unspecified atom stereocenters. The molecule has 0 radical (unpaired) electrons. The Morgan fingerprint density at radius 2 is 1.67 bits per heavy atom. The van der Waals surface area contributed by atoms with Crippen molar-refractivity contribution in [1.29, 1.82) is 0 Å². The number of amides is 2. The second kappa shape index (κ2) is 7.62. The third kappa shape index (κ3) is 4.84. The first kappa shape index (κ1) is 13.7. The highest BCUT2D eigenvalue weighted by Gasteiger charge is 2.16. The fraction of sp³-hybridized carbons (Fsp3) is 0.929. The molecule has 104 valence electrons. The maximum atomic E-state index is 11.7. The van der Waals surface area contributed by atoms with Gasteiger partial charge in [-0.05, 0) is 32.1 Å². The number of quaternary nitrogens is 1. The van der Waals surface area contributed by atoms with E-state index >= 15 is 0 Å². The zero-order valence-corrected chi connectivity index (χ0v) is 11.5. The van der Waals surface area contributed by atoms with Gasteiger partial charge in [-0.2, -0.15) is 0 Å². The number of urea groups is 1. The van der Waals surface area contributed by atoms with E-state index in [2.05, 4.69) is 10.6 Å². The van der Waals surface area contributed by atoms with Crippen molar-refractivity contribution in [3.05, 3.63) is 0 Å².